The summed E-state index contributed by atoms with van der Waals surface area (Å²) in [6.07, 6.45) is 0. The van der Waals surface area contributed by atoms with Gasteiger partial charge in [0.25, 0.3) is 0 Å². The summed E-state index contributed by atoms with van der Waals surface area (Å²) in [5.41, 5.74) is 5.69. The van der Waals surface area contributed by atoms with Gasteiger partial charge in [-0.1, -0.05) is 6.07 Å². The Labute approximate surface area is 162 Å². The second-order valence-corrected chi connectivity index (χ2v) is 7.60. The lowest BCUT2D eigenvalue weighted by Crippen LogP contribution is -2.16. The number of aromatic nitrogens is 5. The first-order chi connectivity index (χ1) is 13.4. The summed E-state index contributed by atoms with van der Waals surface area (Å²) in [5, 5.41) is 30.7. The summed E-state index contributed by atoms with van der Waals surface area (Å²) in [4.78, 5) is 17.1. The number of thiazole rings is 1. The first kappa shape index (κ1) is 16.7. The number of phenols is 1. The molecule has 8 nitrogen and oxygen atoms in total. The van der Waals surface area contributed by atoms with E-state index >= 15 is 0 Å². The fourth-order valence-electron chi connectivity index (χ4n) is 3.76. The van der Waals surface area contributed by atoms with Gasteiger partial charge < -0.3 is 15.2 Å². The van der Waals surface area contributed by atoms with E-state index in [1.807, 2.05) is 13.8 Å². The Balaban J connectivity index is 2.13. The highest BCUT2D eigenvalue weighted by Gasteiger charge is 2.23. The molecule has 0 bridgehead atoms. The summed E-state index contributed by atoms with van der Waals surface area (Å²) >= 11 is 1.32. The summed E-state index contributed by atoms with van der Waals surface area (Å²) < 4.78 is 1.66. The van der Waals surface area contributed by atoms with E-state index in [0.717, 1.165) is 5.56 Å². The number of aryl methyl sites for hydroxylation is 2. The lowest BCUT2D eigenvalue weighted by atomic mass is 10.1. The van der Waals surface area contributed by atoms with Gasteiger partial charge in [-0.05, 0) is 32.4 Å². The lowest BCUT2D eigenvalue weighted by Gasteiger charge is -2.13. The van der Waals surface area contributed by atoms with Crippen molar-refractivity contribution in [3.05, 3.63) is 40.1 Å². The van der Waals surface area contributed by atoms with Crippen molar-refractivity contribution in [1.82, 2.24) is 24.5 Å². The van der Waals surface area contributed by atoms with Gasteiger partial charge in [-0.25, -0.2) is 15.0 Å². The van der Waals surface area contributed by atoms with E-state index in [-0.39, 0.29) is 17.1 Å². The van der Waals surface area contributed by atoms with Gasteiger partial charge in [-0.2, -0.15) is 0 Å². The van der Waals surface area contributed by atoms with Crippen LogP contribution in [0.1, 0.15) is 17.0 Å². The molecule has 5 aromatic rings. The van der Waals surface area contributed by atoms with Crippen LogP contribution >= 0.6 is 11.3 Å². The Bertz CT molecular complexity index is 1490. The summed E-state index contributed by atoms with van der Waals surface area (Å²) in [6.45, 7) is 5.54. The summed E-state index contributed by atoms with van der Waals surface area (Å²) in [7, 11) is 0. The normalized spacial score (nSPS) is 11.8. The average Bonchev–Trinajstić information content (AvgIpc) is 3.18. The number of aromatic hydroxyl groups is 2. The molecule has 0 atom stereocenters. The van der Waals surface area contributed by atoms with Crippen molar-refractivity contribution in [1.29, 1.82) is 5.41 Å². The van der Waals surface area contributed by atoms with Crippen LogP contribution in [-0.2, 0) is 0 Å². The molecular formula is C19H16N6O2S. The predicted octanol–water partition coefficient (Wildman–Crippen LogP) is 3.33. The van der Waals surface area contributed by atoms with Crippen LogP contribution < -0.4 is 5.49 Å². The Morgan fingerprint density at radius 2 is 1.89 bits per heavy atom. The van der Waals surface area contributed by atoms with Crippen LogP contribution in [0.5, 0.6) is 11.6 Å². The Kier molecular flexibility index (Phi) is 3.29. The van der Waals surface area contributed by atoms with E-state index in [1.165, 1.54) is 11.3 Å². The summed E-state index contributed by atoms with van der Waals surface area (Å²) in [6, 6.07) is 3.43. The number of nitrogens with one attached hydrogen (secondary N) is 2. The SMILES string of the molecule is Cc1nc2c3c(c(O)nc4scnc4c3[nH]1)c(=N)n2-c1c(C)ccc(O)c1C. The number of rotatable bonds is 1. The van der Waals surface area contributed by atoms with Crippen molar-refractivity contribution in [2.75, 3.05) is 0 Å². The zero-order valence-electron chi connectivity index (χ0n) is 15.3. The maximum absolute atomic E-state index is 10.7. The largest absolute Gasteiger partial charge is 0.508 e. The van der Waals surface area contributed by atoms with Crippen LogP contribution in [0.4, 0.5) is 0 Å². The van der Waals surface area contributed by atoms with Crippen molar-refractivity contribution >= 4 is 43.6 Å². The second kappa shape index (κ2) is 5.52. The molecule has 4 heterocycles. The van der Waals surface area contributed by atoms with Gasteiger partial charge >= 0.3 is 0 Å². The first-order valence-electron chi connectivity index (χ1n) is 8.59. The van der Waals surface area contributed by atoms with E-state index in [0.29, 0.717) is 49.4 Å². The van der Waals surface area contributed by atoms with E-state index in [2.05, 4.69) is 19.9 Å². The zero-order valence-corrected chi connectivity index (χ0v) is 16.1. The lowest BCUT2D eigenvalue weighted by molar-refractivity contribution is 0.462. The number of fused-ring (bicyclic) bond motifs is 2. The monoisotopic (exact) mass is 392 g/mol. The maximum atomic E-state index is 10.7. The third-order valence-corrected chi connectivity index (χ3v) is 5.74. The highest BCUT2D eigenvalue weighted by atomic mass is 32.1. The number of aromatic amines is 1. The minimum atomic E-state index is -0.243. The molecule has 0 aliphatic rings. The van der Waals surface area contributed by atoms with Gasteiger partial charge in [0.1, 0.15) is 27.4 Å². The minimum absolute atomic E-state index is 0.0518. The molecule has 0 fully saturated rings. The first-order valence-corrected chi connectivity index (χ1v) is 9.47. The second-order valence-electron chi connectivity index (χ2n) is 6.77. The number of benzene rings is 1. The molecule has 28 heavy (non-hydrogen) atoms. The molecule has 140 valence electrons. The molecule has 0 amide bonds. The molecule has 0 saturated heterocycles. The van der Waals surface area contributed by atoms with Crippen LogP contribution in [0.25, 0.3) is 38.0 Å². The molecule has 0 aliphatic heterocycles. The van der Waals surface area contributed by atoms with Gasteiger partial charge in [0.15, 0.2) is 5.65 Å². The van der Waals surface area contributed by atoms with Crippen molar-refractivity contribution in [3.8, 4) is 17.3 Å². The molecule has 0 saturated carbocycles. The Hall–Kier alpha value is -3.46. The number of hydrogen-bond acceptors (Lipinski definition) is 7. The van der Waals surface area contributed by atoms with Crippen molar-refractivity contribution in [2.24, 2.45) is 0 Å². The molecule has 0 unspecified atom stereocenters. The van der Waals surface area contributed by atoms with Crippen LogP contribution in [0.15, 0.2) is 17.6 Å². The maximum Gasteiger partial charge on any atom is 0.224 e. The Morgan fingerprint density at radius 1 is 1.11 bits per heavy atom. The Morgan fingerprint density at radius 3 is 2.68 bits per heavy atom. The predicted molar refractivity (Wildman–Crippen MR) is 107 cm³/mol. The number of hydrogen-bond donors (Lipinski definition) is 4. The third kappa shape index (κ3) is 2.04. The molecule has 0 radical (unpaired) electrons. The van der Waals surface area contributed by atoms with Gasteiger partial charge in [0, 0.05) is 5.56 Å². The van der Waals surface area contributed by atoms with E-state index in [4.69, 9.17) is 5.41 Å². The highest BCUT2D eigenvalue weighted by molar-refractivity contribution is 7.16. The number of H-pyrrole nitrogens is 1. The smallest absolute Gasteiger partial charge is 0.224 e. The molecule has 4 aromatic heterocycles. The fourth-order valence-corrected chi connectivity index (χ4v) is 4.42. The van der Waals surface area contributed by atoms with Crippen LogP contribution in [-0.4, -0.2) is 34.7 Å². The quantitative estimate of drug-likeness (QED) is 0.348. The van der Waals surface area contributed by atoms with E-state index in [9.17, 15) is 10.2 Å². The van der Waals surface area contributed by atoms with Crippen LogP contribution in [0, 0.1) is 26.2 Å². The molecule has 0 spiro atoms. The van der Waals surface area contributed by atoms with Crippen molar-refractivity contribution in [2.45, 2.75) is 20.8 Å². The molecule has 0 aliphatic carbocycles. The third-order valence-electron chi connectivity index (χ3n) is 5.02. The van der Waals surface area contributed by atoms with Gasteiger partial charge in [0.05, 0.1) is 27.5 Å². The van der Waals surface area contributed by atoms with Crippen molar-refractivity contribution < 1.29 is 10.2 Å². The van der Waals surface area contributed by atoms with E-state index in [1.54, 1.807) is 29.1 Å². The molecular weight excluding hydrogens is 376 g/mol. The highest BCUT2D eigenvalue weighted by Crippen LogP contribution is 2.35. The van der Waals surface area contributed by atoms with Crippen LogP contribution in [0.3, 0.4) is 0 Å². The number of nitrogens with zero attached hydrogens (tertiary/aromatic N) is 4. The molecule has 1 aromatic carbocycles. The van der Waals surface area contributed by atoms with Gasteiger partial charge in [-0.15, -0.1) is 11.3 Å². The molecule has 9 heteroatoms. The topological polar surface area (TPSA) is 124 Å². The minimum Gasteiger partial charge on any atom is -0.508 e. The standard InChI is InChI=1S/C19H16N6O2S/c1-7-4-5-10(26)8(2)15(7)25-16(20)12-11-13(22-9(3)23-17(11)25)14-19(24-18(12)27)28-6-21-14/h4-6,20,26-27H,1-3H3,(H,22,23). The fraction of sp³-hybridized carbons (Fsp3) is 0.158. The van der Waals surface area contributed by atoms with Gasteiger partial charge in [-0.3, -0.25) is 9.98 Å². The van der Waals surface area contributed by atoms with E-state index < -0.39 is 0 Å². The molecule has 5 rings (SSSR count). The van der Waals surface area contributed by atoms with Gasteiger partial charge in [0.2, 0.25) is 5.88 Å². The van der Waals surface area contributed by atoms with Crippen LogP contribution in [0.2, 0.25) is 0 Å². The zero-order chi connectivity index (χ0) is 19.7. The molecule has 4 N–H and O–H groups in total. The summed E-state index contributed by atoms with van der Waals surface area (Å²) in [5.74, 6) is 0.533. The average molecular weight is 392 g/mol. The van der Waals surface area contributed by atoms with Crippen molar-refractivity contribution in [3.63, 3.8) is 0 Å². The number of phenolic OH excluding ortho intramolecular Hbond substituents is 1.